The van der Waals surface area contributed by atoms with E-state index in [1.807, 2.05) is 24.3 Å². The van der Waals surface area contributed by atoms with Crippen LogP contribution in [0.4, 0.5) is 4.39 Å². The number of hydrogen-bond acceptors (Lipinski definition) is 1. The maximum atomic E-state index is 13.2. The molecule has 0 saturated heterocycles. The van der Waals surface area contributed by atoms with Crippen LogP contribution in [0.5, 0.6) is 5.75 Å². The molecular formula is C15H13Br2FO. The molecule has 1 nitrogen and oxygen atoms in total. The van der Waals surface area contributed by atoms with Gasteiger partial charge in [-0.3, -0.25) is 0 Å². The van der Waals surface area contributed by atoms with Gasteiger partial charge in [0.15, 0.2) is 0 Å². The number of benzene rings is 2. The highest BCUT2D eigenvalue weighted by Gasteiger charge is 2.13. The van der Waals surface area contributed by atoms with Crippen molar-refractivity contribution in [3.63, 3.8) is 0 Å². The van der Waals surface area contributed by atoms with E-state index in [2.05, 4.69) is 31.9 Å². The summed E-state index contributed by atoms with van der Waals surface area (Å²) in [7, 11) is 1.64. The van der Waals surface area contributed by atoms with Crippen LogP contribution in [0.25, 0.3) is 0 Å². The monoisotopic (exact) mass is 386 g/mol. The van der Waals surface area contributed by atoms with Gasteiger partial charge in [0.25, 0.3) is 0 Å². The molecule has 0 heterocycles. The van der Waals surface area contributed by atoms with Crippen molar-refractivity contribution < 1.29 is 9.13 Å². The van der Waals surface area contributed by atoms with Gasteiger partial charge in [-0.2, -0.15) is 0 Å². The average Bonchev–Trinajstić information content (AvgIpc) is 2.39. The third kappa shape index (κ3) is 3.80. The molecule has 1 atom stereocenters. The van der Waals surface area contributed by atoms with Crippen molar-refractivity contribution in [1.82, 2.24) is 0 Å². The maximum Gasteiger partial charge on any atom is 0.123 e. The summed E-state index contributed by atoms with van der Waals surface area (Å²) in [6.07, 6.45) is 0.712. The van der Waals surface area contributed by atoms with Gasteiger partial charge in [0.2, 0.25) is 0 Å². The smallest absolute Gasteiger partial charge is 0.123 e. The van der Waals surface area contributed by atoms with E-state index in [1.54, 1.807) is 19.2 Å². The van der Waals surface area contributed by atoms with E-state index in [9.17, 15) is 4.39 Å². The largest absolute Gasteiger partial charge is 0.497 e. The predicted octanol–water partition coefficient (Wildman–Crippen LogP) is 5.28. The lowest BCUT2D eigenvalue weighted by Crippen LogP contribution is -1.98. The highest BCUT2D eigenvalue weighted by atomic mass is 79.9. The topological polar surface area (TPSA) is 9.23 Å². The van der Waals surface area contributed by atoms with Gasteiger partial charge in [-0.1, -0.05) is 44.0 Å². The molecule has 0 aliphatic rings. The molecule has 0 radical (unpaired) electrons. The Morgan fingerprint density at radius 2 is 2.00 bits per heavy atom. The minimum absolute atomic E-state index is 0.0961. The first-order valence-electron chi connectivity index (χ1n) is 5.82. The van der Waals surface area contributed by atoms with E-state index in [-0.39, 0.29) is 10.6 Å². The van der Waals surface area contributed by atoms with E-state index in [0.29, 0.717) is 6.42 Å². The summed E-state index contributed by atoms with van der Waals surface area (Å²) in [5.74, 6) is 0.601. The van der Waals surface area contributed by atoms with Crippen molar-refractivity contribution in [1.29, 1.82) is 0 Å². The molecule has 0 aromatic heterocycles. The molecule has 0 spiro atoms. The van der Waals surface area contributed by atoms with Gasteiger partial charge in [0.1, 0.15) is 11.6 Å². The molecule has 0 aliphatic heterocycles. The van der Waals surface area contributed by atoms with Crippen molar-refractivity contribution in [2.45, 2.75) is 11.2 Å². The maximum absolute atomic E-state index is 13.2. The fourth-order valence-electron chi connectivity index (χ4n) is 1.87. The minimum Gasteiger partial charge on any atom is -0.497 e. The molecule has 2 aromatic rings. The van der Waals surface area contributed by atoms with Gasteiger partial charge >= 0.3 is 0 Å². The molecule has 0 fully saturated rings. The van der Waals surface area contributed by atoms with E-state index in [1.165, 1.54) is 6.07 Å². The fraction of sp³-hybridized carbons (Fsp3) is 0.200. The second-order valence-corrected chi connectivity index (χ2v) is 6.15. The highest BCUT2D eigenvalue weighted by Crippen LogP contribution is 2.35. The first-order valence-corrected chi connectivity index (χ1v) is 7.53. The van der Waals surface area contributed by atoms with Gasteiger partial charge in [-0.05, 0) is 47.9 Å². The minimum atomic E-state index is -0.207. The Morgan fingerprint density at radius 3 is 2.68 bits per heavy atom. The molecule has 1 unspecified atom stereocenters. The van der Waals surface area contributed by atoms with Gasteiger partial charge in [0, 0.05) is 9.30 Å². The number of alkyl halides is 1. The second kappa shape index (κ2) is 6.53. The van der Waals surface area contributed by atoms with Crippen molar-refractivity contribution in [3.05, 3.63) is 63.9 Å². The molecule has 0 aliphatic carbocycles. The summed E-state index contributed by atoms with van der Waals surface area (Å²) in [6.45, 7) is 0. The second-order valence-electron chi connectivity index (χ2n) is 4.19. The van der Waals surface area contributed by atoms with Crippen LogP contribution in [0.15, 0.2) is 46.9 Å². The molecule has 2 rings (SSSR count). The van der Waals surface area contributed by atoms with Gasteiger partial charge in [-0.15, -0.1) is 0 Å². The molecule has 0 bridgehead atoms. The summed E-state index contributed by atoms with van der Waals surface area (Å²) < 4.78 is 19.4. The number of hydrogen-bond donors (Lipinski definition) is 0. The van der Waals surface area contributed by atoms with Crippen LogP contribution in [-0.4, -0.2) is 7.11 Å². The number of methoxy groups -OCH3 is 1. The van der Waals surface area contributed by atoms with Crippen molar-refractivity contribution in [2.75, 3.05) is 7.11 Å². The molecule has 100 valence electrons. The third-order valence-electron chi connectivity index (χ3n) is 2.84. The van der Waals surface area contributed by atoms with Crippen molar-refractivity contribution in [2.24, 2.45) is 0 Å². The Morgan fingerprint density at radius 1 is 1.21 bits per heavy atom. The van der Waals surface area contributed by atoms with Crippen molar-refractivity contribution in [3.8, 4) is 5.75 Å². The van der Waals surface area contributed by atoms with Crippen LogP contribution in [0.2, 0.25) is 0 Å². The lowest BCUT2D eigenvalue weighted by Gasteiger charge is -2.14. The third-order valence-corrected chi connectivity index (χ3v) is 4.38. The number of ether oxygens (including phenoxy) is 1. The zero-order valence-corrected chi connectivity index (χ0v) is 13.5. The Hall–Kier alpha value is -0.870. The van der Waals surface area contributed by atoms with Gasteiger partial charge in [0.05, 0.1) is 7.11 Å². The first-order chi connectivity index (χ1) is 9.10. The average molecular weight is 388 g/mol. The zero-order chi connectivity index (χ0) is 13.8. The fourth-order valence-corrected chi connectivity index (χ4v) is 3.45. The van der Waals surface area contributed by atoms with Crippen LogP contribution < -0.4 is 4.74 Å². The van der Waals surface area contributed by atoms with Gasteiger partial charge in [-0.25, -0.2) is 4.39 Å². The molecule has 19 heavy (non-hydrogen) atoms. The number of halogens is 3. The van der Waals surface area contributed by atoms with Crippen LogP contribution in [-0.2, 0) is 6.42 Å². The lowest BCUT2D eigenvalue weighted by molar-refractivity contribution is 0.414. The Kier molecular flexibility index (Phi) is 4.99. The van der Waals surface area contributed by atoms with E-state index >= 15 is 0 Å². The Labute approximate surface area is 129 Å². The molecule has 4 heteroatoms. The van der Waals surface area contributed by atoms with Crippen LogP contribution in [0, 0.1) is 5.82 Å². The summed E-state index contributed by atoms with van der Waals surface area (Å²) >= 11 is 7.18. The van der Waals surface area contributed by atoms with Crippen LogP contribution >= 0.6 is 31.9 Å². The Bertz CT molecular complexity index is 572. The normalized spacial score (nSPS) is 12.2. The molecular weight excluding hydrogens is 375 g/mol. The molecule has 2 aromatic carbocycles. The predicted molar refractivity (Wildman–Crippen MR) is 82.5 cm³/mol. The summed E-state index contributed by atoms with van der Waals surface area (Å²) in [5, 5.41) is 0. The molecule has 0 saturated carbocycles. The van der Waals surface area contributed by atoms with E-state index in [0.717, 1.165) is 21.3 Å². The lowest BCUT2D eigenvalue weighted by atomic mass is 10.0. The quantitative estimate of drug-likeness (QED) is 0.649. The highest BCUT2D eigenvalue weighted by molar-refractivity contribution is 9.11. The van der Waals surface area contributed by atoms with E-state index in [4.69, 9.17) is 4.74 Å². The zero-order valence-electron chi connectivity index (χ0n) is 10.4. The standard InChI is InChI=1S/C15H13Br2FO/c1-19-12-5-6-14(16)13(9-12)15(17)8-10-3-2-4-11(18)7-10/h2-7,9,15H,8H2,1H3. The SMILES string of the molecule is COc1ccc(Br)c(C(Br)Cc2cccc(F)c2)c1. The molecule has 0 amide bonds. The summed E-state index contributed by atoms with van der Waals surface area (Å²) in [6, 6.07) is 12.5. The van der Waals surface area contributed by atoms with Crippen LogP contribution in [0.3, 0.4) is 0 Å². The van der Waals surface area contributed by atoms with Crippen molar-refractivity contribution >= 4 is 31.9 Å². The van der Waals surface area contributed by atoms with Crippen LogP contribution in [0.1, 0.15) is 16.0 Å². The Balaban J connectivity index is 2.22. The van der Waals surface area contributed by atoms with Gasteiger partial charge < -0.3 is 4.74 Å². The summed E-state index contributed by atoms with van der Waals surface area (Å²) in [4.78, 5) is 0.0961. The number of rotatable bonds is 4. The first kappa shape index (κ1) is 14.5. The summed E-state index contributed by atoms with van der Waals surface area (Å²) in [5.41, 5.74) is 2.04. The van der Waals surface area contributed by atoms with E-state index < -0.39 is 0 Å². The molecule has 0 N–H and O–H groups in total.